The van der Waals surface area contributed by atoms with Crippen LogP contribution in [0.2, 0.25) is 0 Å². The number of aryl methyl sites for hydroxylation is 1. The number of nitrogens with zero attached hydrogens (tertiary/aromatic N) is 4. The molecule has 8 heteroatoms. The molecule has 2 aromatic rings. The zero-order valence-corrected chi connectivity index (χ0v) is 15.7. The van der Waals surface area contributed by atoms with Crippen LogP contribution in [0.15, 0.2) is 28.8 Å². The predicted molar refractivity (Wildman–Crippen MR) is 96.0 cm³/mol. The third-order valence-corrected chi connectivity index (χ3v) is 4.75. The lowest BCUT2D eigenvalue weighted by Gasteiger charge is -2.40. The first-order valence-corrected chi connectivity index (χ1v) is 9.16. The van der Waals surface area contributed by atoms with Crippen molar-refractivity contribution in [3.05, 3.63) is 47.4 Å². The van der Waals surface area contributed by atoms with Crippen LogP contribution in [0, 0.1) is 5.82 Å². The topological polar surface area (TPSA) is 82.7 Å². The normalized spacial score (nSPS) is 20.5. The summed E-state index contributed by atoms with van der Waals surface area (Å²) in [6.07, 6.45) is 1.78. The maximum Gasteiger partial charge on any atom is 0.256 e. The summed E-state index contributed by atoms with van der Waals surface area (Å²) in [5.74, 6) is 0.488. The minimum absolute atomic E-state index is 0.182. The van der Waals surface area contributed by atoms with Crippen LogP contribution in [-0.2, 0) is 24.3 Å². The number of hydrogen-bond donors (Lipinski definition) is 1. The molecule has 1 atom stereocenters. The largest absolute Gasteiger partial charge is 0.379 e. The summed E-state index contributed by atoms with van der Waals surface area (Å²) in [6.45, 7) is 3.43. The van der Waals surface area contributed by atoms with Gasteiger partial charge in [0, 0.05) is 26.1 Å². The molecule has 1 aromatic carbocycles. The Morgan fingerprint density at radius 3 is 2.78 bits per heavy atom. The SMILES string of the molecule is CCc1nc(CN(C)C[C@]2(O)CCCN(Cc3ccc(F)cc3)C2=O)no1. The fraction of sp³-hybridized carbons (Fsp3) is 0.526. The second-order valence-corrected chi connectivity index (χ2v) is 7.12. The van der Waals surface area contributed by atoms with Crippen molar-refractivity contribution in [3.8, 4) is 0 Å². The molecule has 1 aliphatic heterocycles. The van der Waals surface area contributed by atoms with Gasteiger partial charge in [0.2, 0.25) is 5.89 Å². The van der Waals surface area contributed by atoms with Crippen molar-refractivity contribution in [2.75, 3.05) is 20.1 Å². The average Bonchev–Trinajstić information content (AvgIpc) is 3.08. The maximum atomic E-state index is 13.1. The third-order valence-electron chi connectivity index (χ3n) is 4.75. The zero-order valence-electron chi connectivity index (χ0n) is 15.7. The number of carbonyl (C=O) groups excluding carboxylic acids is 1. The summed E-state index contributed by atoms with van der Waals surface area (Å²) >= 11 is 0. The van der Waals surface area contributed by atoms with Gasteiger partial charge in [-0.15, -0.1) is 0 Å². The maximum absolute atomic E-state index is 13.1. The van der Waals surface area contributed by atoms with Gasteiger partial charge in [-0.05, 0) is 37.6 Å². The Morgan fingerprint density at radius 1 is 1.37 bits per heavy atom. The van der Waals surface area contributed by atoms with E-state index in [1.54, 1.807) is 17.0 Å². The Morgan fingerprint density at radius 2 is 2.11 bits per heavy atom. The van der Waals surface area contributed by atoms with Gasteiger partial charge in [-0.25, -0.2) is 4.39 Å². The number of aliphatic hydroxyl groups is 1. The number of likely N-dealkylation sites (N-methyl/N-ethyl adjacent to an activating group) is 1. The van der Waals surface area contributed by atoms with Gasteiger partial charge < -0.3 is 14.5 Å². The van der Waals surface area contributed by atoms with Gasteiger partial charge in [-0.3, -0.25) is 9.69 Å². The number of halogens is 1. The summed E-state index contributed by atoms with van der Waals surface area (Å²) in [5, 5.41) is 14.9. The van der Waals surface area contributed by atoms with E-state index < -0.39 is 5.60 Å². The van der Waals surface area contributed by atoms with Crippen LogP contribution < -0.4 is 0 Å². The Labute approximate surface area is 157 Å². The first kappa shape index (κ1) is 19.4. The number of likely N-dealkylation sites (tertiary alicyclic amines) is 1. The molecule has 1 amide bonds. The van der Waals surface area contributed by atoms with E-state index in [0.717, 1.165) is 5.56 Å². The zero-order chi connectivity index (χ0) is 19.4. The number of aromatic nitrogens is 2. The lowest BCUT2D eigenvalue weighted by molar-refractivity contribution is -0.160. The Kier molecular flexibility index (Phi) is 5.86. The van der Waals surface area contributed by atoms with Crippen molar-refractivity contribution in [2.24, 2.45) is 0 Å². The molecule has 7 nitrogen and oxygen atoms in total. The van der Waals surface area contributed by atoms with Gasteiger partial charge in [0.05, 0.1) is 6.54 Å². The number of hydrogen-bond acceptors (Lipinski definition) is 6. The van der Waals surface area contributed by atoms with Crippen LogP contribution in [0.25, 0.3) is 0 Å². The van der Waals surface area contributed by atoms with Crippen LogP contribution in [0.5, 0.6) is 0 Å². The lowest BCUT2D eigenvalue weighted by Crippen LogP contribution is -2.57. The predicted octanol–water partition coefficient (Wildman–Crippen LogP) is 1.76. The molecule has 1 saturated heterocycles. The molecule has 0 unspecified atom stereocenters. The highest BCUT2D eigenvalue weighted by atomic mass is 19.1. The van der Waals surface area contributed by atoms with Gasteiger partial charge in [0.15, 0.2) is 11.4 Å². The first-order chi connectivity index (χ1) is 12.9. The van der Waals surface area contributed by atoms with Gasteiger partial charge in [-0.1, -0.05) is 24.2 Å². The molecule has 2 heterocycles. The van der Waals surface area contributed by atoms with E-state index in [1.807, 2.05) is 18.9 Å². The highest BCUT2D eigenvalue weighted by Gasteiger charge is 2.42. The summed E-state index contributed by atoms with van der Waals surface area (Å²) in [5.41, 5.74) is -0.620. The molecule has 1 fully saturated rings. The number of amides is 1. The summed E-state index contributed by atoms with van der Waals surface area (Å²) < 4.78 is 18.2. The van der Waals surface area contributed by atoms with Gasteiger partial charge >= 0.3 is 0 Å². The highest BCUT2D eigenvalue weighted by Crippen LogP contribution is 2.25. The van der Waals surface area contributed by atoms with Crippen LogP contribution in [-0.4, -0.2) is 56.7 Å². The molecule has 0 radical (unpaired) electrons. The smallest absolute Gasteiger partial charge is 0.256 e. The van der Waals surface area contributed by atoms with E-state index in [-0.39, 0.29) is 18.3 Å². The molecule has 146 valence electrons. The molecule has 1 aromatic heterocycles. The van der Waals surface area contributed by atoms with E-state index in [4.69, 9.17) is 4.52 Å². The standard InChI is InChI=1S/C19H25FN4O3/c1-3-17-21-16(22-27-17)12-23(2)13-19(26)9-4-10-24(18(19)25)11-14-5-7-15(20)8-6-14/h5-8,26H,3-4,9-13H2,1-2H3/t19-/m1/s1. The quantitative estimate of drug-likeness (QED) is 0.793. The van der Waals surface area contributed by atoms with Gasteiger partial charge in [0.25, 0.3) is 5.91 Å². The van der Waals surface area contributed by atoms with E-state index in [1.165, 1.54) is 12.1 Å². The summed E-state index contributed by atoms with van der Waals surface area (Å²) in [7, 11) is 1.81. The van der Waals surface area contributed by atoms with Gasteiger partial charge in [-0.2, -0.15) is 4.98 Å². The minimum atomic E-state index is -1.45. The first-order valence-electron chi connectivity index (χ1n) is 9.16. The summed E-state index contributed by atoms with van der Waals surface area (Å²) in [6, 6.07) is 6.06. The van der Waals surface area contributed by atoms with Crippen molar-refractivity contribution >= 4 is 5.91 Å². The fourth-order valence-electron chi connectivity index (χ4n) is 3.41. The number of benzene rings is 1. The molecule has 0 bridgehead atoms. The van der Waals surface area contributed by atoms with E-state index in [9.17, 15) is 14.3 Å². The molecule has 0 aliphatic carbocycles. The van der Waals surface area contributed by atoms with Crippen molar-refractivity contribution in [1.82, 2.24) is 19.9 Å². The van der Waals surface area contributed by atoms with E-state index in [2.05, 4.69) is 10.1 Å². The second kappa shape index (κ2) is 8.14. The minimum Gasteiger partial charge on any atom is -0.379 e. The van der Waals surface area contributed by atoms with Crippen molar-refractivity contribution in [2.45, 2.75) is 44.9 Å². The molecule has 27 heavy (non-hydrogen) atoms. The molecule has 3 rings (SSSR count). The fourth-order valence-corrected chi connectivity index (χ4v) is 3.41. The summed E-state index contributed by atoms with van der Waals surface area (Å²) in [4.78, 5) is 20.6. The van der Waals surface area contributed by atoms with Crippen LogP contribution >= 0.6 is 0 Å². The molecule has 0 spiro atoms. The molecular weight excluding hydrogens is 351 g/mol. The number of carbonyl (C=O) groups is 1. The highest BCUT2D eigenvalue weighted by molar-refractivity contribution is 5.86. The Balaban J connectivity index is 1.62. The molecule has 1 N–H and O–H groups in total. The van der Waals surface area contributed by atoms with Crippen LogP contribution in [0.4, 0.5) is 4.39 Å². The Bertz CT molecular complexity index is 780. The average molecular weight is 376 g/mol. The van der Waals surface area contributed by atoms with Crippen molar-refractivity contribution in [3.63, 3.8) is 0 Å². The lowest BCUT2D eigenvalue weighted by atomic mass is 9.91. The number of rotatable bonds is 7. The molecule has 0 saturated carbocycles. The van der Waals surface area contributed by atoms with Crippen LogP contribution in [0.3, 0.4) is 0 Å². The van der Waals surface area contributed by atoms with Crippen molar-refractivity contribution < 1.29 is 18.8 Å². The van der Waals surface area contributed by atoms with E-state index in [0.29, 0.717) is 50.6 Å². The van der Waals surface area contributed by atoms with Gasteiger partial charge in [0.1, 0.15) is 5.82 Å². The molecular formula is C19H25FN4O3. The molecule has 1 aliphatic rings. The van der Waals surface area contributed by atoms with Crippen LogP contribution in [0.1, 0.15) is 37.0 Å². The monoisotopic (exact) mass is 376 g/mol. The number of piperidine rings is 1. The third kappa shape index (κ3) is 4.70. The van der Waals surface area contributed by atoms with Crippen molar-refractivity contribution in [1.29, 1.82) is 0 Å². The second-order valence-electron chi connectivity index (χ2n) is 7.12. The Hall–Kier alpha value is -2.32. The van der Waals surface area contributed by atoms with E-state index >= 15 is 0 Å².